The lowest BCUT2D eigenvalue weighted by atomic mass is 10.1. The molecule has 0 aliphatic carbocycles. The summed E-state index contributed by atoms with van der Waals surface area (Å²) in [4.78, 5) is 0. The molecule has 0 amide bonds. The Kier molecular flexibility index (Phi) is 2.27. The minimum absolute atomic E-state index is 0.107. The molecule has 0 aromatic heterocycles. The fraction of sp³-hybridized carbons (Fsp3) is 0.400. The molecule has 2 nitrogen and oxygen atoms in total. The number of hydrogen-bond acceptors (Lipinski definition) is 2. The van der Waals surface area contributed by atoms with Gasteiger partial charge in [-0.1, -0.05) is 0 Å². The molecule has 0 unspecified atom stereocenters. The molecule has 2 heteroatoms. The number of hydrogen-bond donors (Lipinski definition) is 2. The van der Waals surface area contributed by atoms with E-state index < -0.39 is 0 Å². The van der Waals surface area contributed by atoms with E-state index in [0.717, 1.165) is 11.4 Å². The maximum Gasteiger partial charge on any atom is 0.0345 e. The lowest BCUT2D eigenvalue weighted by Crippen LogP contribution is -2.25. The molecule has 0 atom stereocenters. The Morgan fingerprint density at radius 2 is 1.58 bits per heavy atom. The average Bonchev–Trinajstić information content (AvgIpc) is 1.91. The van der Waals surface area contributed by atoms with Crippen molar-refractivity contribution in [2.24, 2.45) is 0 Å². The Morgan fingerprint density at radius 3 is 2.00 bits per heavy atom. The van der Waals surface area contributed by atoms with Crippen LogP contribution in [0.1, 0.15) is 20.8 Å². The van der Waals surface area contributed by atoms with Gasteiger partial charge in [-0.3, -0.25) is 0 Å². The smallest absolute Gasteiger partial charge is 0.0345 e. The highest BCUT2D eigenvalue weighted by atomic mass is 14.9. The standard InChI is InChI=1S/C10H16N2/c1-10(2,3)12-9-6-4-8(11)5-7-9/h4-7,12H,11H2,1-3H3. The van der Waals surface area contributed by atoms with Crippen molar-refractivity contribution in [3.63, 3.8) is 0 Å². The molecule has 0 saturated carbocycles. The van der Waals surface area contributed by atoms with Gasteiger partial charge >= 0.3 is 0 Å². The zero-order valence-corrected chi connectivity index (χ0v) is 7.89. The van der Waals surface area contributed by atoms with Crippen molar-refractivity contribution in [2.75, 3.05) is 11.1 Å². The van der Waals surface area contributed by atoms with Crippen molar-refractivity contribution in [1.82, 2.24) is 0 Å². The molecule has 0 aliphatic heterocycles. The van der Waals surface area contributed by atoms with Crippen molar-refractivity contribution < 1.29 is 0 Å². The van der Waals surface area contributed by atoms with E-state index in [2.05, 4.69) is 26.1 Å². The van der Waals surface area contributed by atoms with Gasteiger partial charge in [-0.2, -0.15) is 0 Å². The second-order valence-electron chi connectivity index (χ2n) is 4.00. The van der Waals surface area contributed by atoms with E-state index in [1.165, 1.54) is 0 Å². The summed E-state index contributed by atoms with van der Waals surface area (Å²) in [7, 11) is 0. The van der Waals surface area contributed by atoms with E-state index in [0.29, 0.717) is 0 Å². The van der Waals surface area contributed by atoms with E-state index >= 15 is 0 Å². The van der Waals surface area contributed by atoms with Gasteiger partial charge in [-0.25, -0.2) is 0 Å². The van der Waals surface area contributed by atoms with Crippen molar-refractivity contribution >= 4 is 11.4 Å². The fourth-order valence-corrected chi connectivity index (χ4v) is 0.999. The number of benzene rings is 1. The summed E-state index contributed by atoms with van der Waals surface area (Å²) in [6.07, 6.45) is 0. The Morgan fingerprint density at radius 1 is 1.08 bits per heavy atom. The Labute approximate surface area is 73.8 Å². The Balaban J connectivity index is 2.71. The summed E-state index contributed by atoms with van der Waals surface area (Å²) in [6.45, 7) is 6.38. The number of anilines is 2. The monoisotopic (exact) mass is 164 g/mol. The van der Waals surface area contributed by atoms with Gasteiger partial charge in [0, 0.05) is 16.9 Å². The molecule has 0 saturated heterocycles. The first-order chi connectivity index (χ1) is 5.47. The van der Waals surface area contributed by atoms with Crippen molar-refractivity contribution in [3.05, 3.63) is 24.3 Å². The number of nitrogens with one attached hydrogen (secondary N) is 1. The summed E-state index contributed by atoms with van der Waals surface area (Å²) >= 11 is 0. The van der Waals surface area contributed by atoms with Crippen LogP contribution >= 0.6 is 0 Å². The summed E-state index contributed by atoms with van der Waals surface area (Å²) in [5.41, 5.74) is 7.58. The highest BCUT2D eigenvalue weighted by Crippen LogP contribution is 2.15. The molecule has 66 valence electrons. The quantitative estimate of drug-likeness (QED) is 0.626. The molecule has 0 fully saturated rings. The Bertz CT molecular complexity index is 244. The summed E-state index contributed by atoms with van der Waals surface area (Å²) in [6, 6.07) is 7.77. The Hall–Kier alpha value is -1.18. The van der Waals surface area contributed by atoms with Gasteiger partial charge in [0.15, 0.2) is 0 Å². The predicted octanol–water partition coefficient (Wildman–Crippen LogP) is 2.48. The molecule has 0 radical (unpaired) electrons. The summed E-state index contributed by atoms with van der Waals surface area (Å²) in [5.74, 6) is 0. The van der Waals surface area contributed by atoms with Crippen LogP contribution in [0, 0.1) is 0 Å². The molecule has 1 rings (SSSR count). The predicted molar refractivity (Wildman–Crippen MR) is 54.2 cm³/mol. The molecule has 1 aromatic rings. The first-order valence-electron chi connectivity index (χ1n) is 4.11. The van der Waals surface area contributed by atoms with Crippen molar-refractivity contribution in [2.45, 2.75) is 26.3 Å². The number of nitrogens with two attached hydrogens (primary N) is 1. The highest BCUT2D eigenvalue weighted by molar-refractivity contribution is 5.52. The molecular formula is C10H16N2. The van der Waals surface area contributed by atoms with Crippen LogP contribution in [0.4, 0.5) is 11.4 Å². The zero-order chi connectivity index (χ0) is 9.19. The lowest BCUT2D eigenvalue weighted by molar-refractivity contribution is 0.634. The highest BCUT2D eigenvalue weighted by Gasteiger charge is 2.07. The normalized spacial score (nSPS) is 11.2. The van der Waals surface area contributed by atoms with Crippen LogP contribution in [-0.2, 0) is 0 Å². The lowest BCUT2D eigenvalue weighted by Gasteiger charge is -2.22. The fourth-order valence-electron chi connectivity index (χ4n) is 0.999. The third-order valence-corrected chi connectivity index (χ3v) is 1.43. The SMILES string of the molecule is CC(C)(C)Nc1ccc(N)cc1. The van der Waals surface area contributed by atoms with Crippen LogP contribution in [0.25, 0.3) is 0 Å². The van der Waals surface area contributed by atoms with Crippen LogP contribution < -0.4 is 11.1 Å². The molecule has 12 heavy (non-hydrogen) atoms. The maximum atomic E-state index is 5.56. The second kappa shape index (κ2) is 3.05. The molecule has 3 N–H and O–H groups in total. The van der Waals surface area contributed by atoms with E-state index in [1.807, 2.05) is 24.3 Å². The number of nitrogen functional groups attached to an aromatic ring is 1. The minimum atomic E-state index is 0.107. The van der Waals surface area contributed by atoms with Crippen LogP contribution in [0.5, 0.6) is 0 Å². The molecule has 0 spiro atoms. The van der Waals surface area contributed by atoms with E-state index in [9.17, 15) is 0 Å². The molecule has 0 heterocycles. The van der Waals surface area contributed by atoms with Gasteiger partial charge in [0.1, 0.15) is 0 Å². The maximum absolute atomic E-state index is 5.56. The zero-order valence-electron chi connectivity index (χ0n) is 7.89. The first-order valence-corrected chi connectivity index (χ1v) is 4.11. The topological polar surface area (TPSA) is 38.0 Å². The second-order valence-corrected chi connectivity index (χ2v) is 4.00. The van der Waals surface area contributed by atoms with Gasteiger partial charge in [-0.15, -0.1) is 0 Å². The first kappa shape index (κ1) is 8.91. The third-order valence-electron chi connectivity index (χ3n) is 1.43. The van der Waals surface area contributed by atoms with Crippen LogP contribution in [0.2, 0.25) is 0 Å². The average molecular weight is 164 g/mol. The molecule has 0 aliphatic rings. The molecular weight excluding hydrogens is 148 g/mol. The molecule has 1 aromatic carbocycles. The van der Waals surface area contributed by atoms with E-state index in [4.69, 9.17) is 5.73 Å². The van der Waals surface area contributed by atoms with Gasteiger partial charge in [0.2, 0.25) is 0 Å². The van der Waals surface area contributed by atoms with Crippen LogP contribution in [-0.4, -0.2) is 5.54 Å². The van der Waals surface area contributed by atoms with Gasteiger partial charge < -0.3 is 11.1 Å². The third kappa shape index (κ3) is 2.82. The van der Waals surface area contributed by atoms with Crippen LogP contribution in [0.15, 0.2) is 24.3 Å². The van der Waals surface area contributed by atoms with E-state index in [-0.39, 0.29) is 5.54 Å². The summed E-state index contributed by atoms with van der Waals surface area (Å²) < 4.78 is 0. The largest absolute Gasteiger partial charge is 0.399 e. The van der Waals surface area contributed by atoms with Crippen LogP contribution in [0.3, 0.4) is 0 Å². The van der Waals surface area contributed by atoms with Gasteiger partial charge in [-0.05, 0) is 45.0 Å². The summed E-state index contributed by atoms with van der Waals surface area (Å²) in [5, 5.41) is 3.35. The van der Waals surface area contributed by atoms with Crippen molar-refractivity contribution in [3.8, 4) is 0 Å². The molecule has 0 bridgehead atoms. The minimum Gasteiger partial charge on any atom is -0.399 e. The van der Waals surface area contributed by atoms with Crippen molar-refractivity contribution in [1.29, 1.82) is 0 Å². The van der Waals surface area contributed by atoms with Gasteiger partial charge in [0.05, 0.1) is 0 Å². The van der Waals surface area contributed by atoms with Gasteiger partial charge in [0.25, 0.3) is 0 Å². The number of rotatable bonds is 1. The van der Waals surface area contributed by atoms with E-state index in [1.54, 1.807) is 0 Å².